The Morgan fingerprint density at radius 1 is 0.927 bits per heavy atom. The first-order valence-corrected chi connectivity index (χ1v) is 14.3. The normalized spacial score (nSPS) is 19.0. The lowest BCUT2D eigenvalue weighted by molar-refractivity contribution is -0.345. The molecular formula is C29H32BF4N3O3S. The maximum Gasteiger partial charge on any atom is 0.578 e. The van der Waals surface area contributed by atoms with Crippen molar-refractivity contribution >= 4 is 39.2 Å². The number of hydrogen-bond acceptors (Lipinski definition) is 3. The molecule has 0 saturated heterocycles. The molecule has 1 atom stereocenters. The zero-order valence-electron chi connectivity index (χ0n) is 23.9. The van der Waals surface area contributed by atoms with E-state index >= 15 is 4.32 Å². The van der Waals surface area contributed by atoms with Crippen LogP contribution in [-0.4, -0.2) is 61.0 Å². The predicted molar refractivity (Wildman–Crippen MR) is 155 cm³/mol. The van der Waals surface area contributed by atoms with Crippen molar-refractivity contribution < 1.29 is 34.9 Å². The summed E-state index contributed by atoms with van der Waals surface area (Å²) in [6.07, 6.45) is 2.12. The minimum atomic E-state index is -6.09. The van der Waals surface area contributed by atoms with Gasteiger partial charge >= 0.3 is 12.2 Å². The number of benzene rings is 2. The Balaban J connectivity index is 0.000000426. The zero-order chi connectivity index (χ0) is 30.7. The molecule has 2 aliphatic heterocycles. The van der Waals surface area contributed by atoms with E-state index in [0.29, 0.717) is 5.46 Å². The van der Waals surface area contributed by atoms with Gasteiger partial charge in [-0.2, -0.15) is 13.2 Å². The van der Waals surface area contributed by atoms with E-state index < -0.39 is 22.3 Å². The molecule has 2 aliphatic rings. The van der Waals surface area contributed by atoms with Crippen LogP contribution in [0.3, 0.4) is 0 Å². The Hall–Kier alpha value is -3.48. The fraction of sp³-hybridized carbons (Fsp3) is 0.276. The predicted octanol–water partition coefficient (Wildman–Crippen LogP) is 5.22. The number of allylic oxidation sites excluding steroid dienone is 2. The van der Waals surface area contributed by atoms with Crippen LogP contribution in [0.15, 0.2) is 78.0 Å². The lowest BCUT2D eigenvalue weighted by Crippen LogP contribution is -2.63. The third-order valence-electron chi connectivity index (χ3n) is 7.44. The van der Waals surface area contributed by atoms with Crippen LogP contribution in [0.1, 0.15) is 36.4 Å². The van der Waals surface area contributed by atoms with Crippen LogP contribution in [-0.2, 0) is 10.1 Å². The fourth-order valence-electron chi connectivity index (χ4n) is 5.72. The minimum absolute atomic E-state index is 0.692. The van der Waals surface area contributed by atoms with Crippen LogP contribution in [0, 0.1) is 13.8 Å². The number of alkyl halides is 3. The Labute approximate surface area is 237 Å². The van der Waals surface area contributed by atoms with Crippen molar-refractivity contribution in [2.75, 3.05) is 21.1 Å². The molecule has 6 nitrogen and oxygen atoms in total. The molecule has 0 spiro atoms. The first-order chi connectivity index (χ1) is 18.8. The second-order valence-electron chi connectivity index (χ2n) is 11.3. The van der Waals surface area contributed by atoms with Gasteiger partial charge in [-0.25, -0.2) is 8.42 Å². The lowest BCUT2D eigenvalue weighted by Gasteiger charge is -2.40. The van der Waals surface area contributed by atoms with Crippen molar-refractivity contribution in [3.8, 4) is 0 Å². The van der Waals surface area contributed by atoms with Crippen LogP contribution in [0.5, 0.6) is 0 Å². The lowest BCUT2D eigenvalue weighted by atomic mass is 9.57. The Morgan fingerprint density at radius 2 is 1.46 bits per heavy atom. The zero-order valence-corrected chi connectivity index (χ0v) is 24.7. The van der Waals surface area contributed by atoms with Gasteiger partial charge in [-0.1, -0.05) is 35.8 Å². The Morgan fingerprint density at radius 3 is 1.95 bits per heavy atom. The molecule has 0 bridgehead atoms. The van der Waals surface area contributed by atoms with Crippen LogP contribution in [0.25, 0.3) is 5.57 Å². The summed E-state index contributed by atoms with van der Waals surface area (Å²) in [4.78, 5) is 0. The second-order valence-corrected chi connectivity index (χ2v) is 12.7. The average Bonchev–Trinajstić information content (AvgIpc) is 3.34. The van der Waals surface area contributed by atoms with E-state index in [1.807, 2.05) is 53.1 Å². The number of aryl methyl sites for hydroxylation is 2. The highest BCUT2D eigenvalue weighted by molar-refractivity contribution is 7.86. The molecule has 1 aromatic heterocycles. The number of hydrogen-bond donors (Lipinski definition) is 0. The van der Waals surface area contributed by atoms with Gasteiger partial charge in [0.2, 0.25) is 0 Å². The van der Waals surface area contributed by atoms with Crippen LogP contribution >= 0.6 is 0 Å². The number of aromatic nitrogens is 1. The van der Waals surface area contributed by atoms with Gasteiger partial charge < -0.3 is 17.8 Å². The summed E-state index contributed by atoms with van der Waals surface area (Å²) in [5.41, 5.74) is 4.52. The van der Waals surface area contributed by atoms with E-state index in [2.05, 4.69) is 71.4 Å². The maximum absolute atomic E-state index is 17.7. The van der Waals surface area contributed by atoms with Gasteiger partial charge in [-0.15, -0.1) is 0 Å². The molecular weight excluding hydrogens is 556 g/mol. The van der Waals surface area contributed by atoms with Gasteiger partial charge in [0.15, 0.2) is 15.8 Å². The highest BCUT2D eigenvalue weighted by Crippen LogP contribution is 2.44. The van der Waals surface area contributed by atoms with E-state index in [4.69, 9.17) is 13.0 Å². The van der Waals surface area contributed by atoms with E-state index in [1.54, 1.807) is 0 Å². The van der Waals surface area contributed by atoms with Gasteiger partial charge in [0.1, 0.15) is 11.4 Å². The van der Waals surface area contributed by atoms with Crippen molar-refractivity contribution in [3.63, 3.8) is 0 Å². The monoisotopic (exact) mass is 588 g/mol. The number of halogens is 4. The van der Waals surface area contributed by atoms with E-state index in [0.717, 1.165) is 49.6 Å². The van der Waals surface area contributed by atoms with E-state index in [9.17, 15) is 13.2 Å². The summed E-state index contributed by atoms with van der Waals surface area (Å²) in [6, 6.07) is 20.5. The molecule has 218 valence electrons. The molecule has 0 amide bonds. The van der Waals surface area contributed by atoms with Crippen molar-refractivity contribution in [3.05, 3.63) is 101 Å². The van der Waals surface area contributed by atoms with Crippen LogP contribution in [0.4, 0.5) is 23.2 Å². The number of fused-ring (bicyclic) bond motifs is 2. The summed E-state index contributed by atoms with van der Waals surface area (Å²) < 4.78 is 81.3. The van der Waals surface area contributed by atoms with Gasteiger partial charge in [-0.3, -0.25) is 4.48 Å². The SMILES string of the molecule is CC1=CC(C)=[N+]2C1=C(c1ccc([N+](C)(C)C)cc1)c1c(C)cc(C)n1[B-]2([18F])c1ccccc1.O=S(=O)([O-])C(F)(F)F. The highest BCUT2D eigenvalue weighted by atomic mass is 32.2. The summed E-state index contributed by atoms with van der Waals surface area (Å²) in [5, 5.41) is 0. The summed E-state index contributed by atoms with van der Waals surface area (Å²) in [5.74, 6) is 0. The molecule has 1 unspecified atom stereocenters. The number of quaternary nitrogens is 1. The molecule has 3 aromatic rings. The molecule has 5 rings (SSSR count). The first kappa shape index (κ1) is 30.5. The van der Waals surface area contributed by atoms with E-state index in [1.165, 1.54) is 5.69 Å². The topological polar surface area (TPSA) is 65.1 Å². The quantitative estimate of drug-likeness (QED) is 0.139. The third-order valence-corrected chi connectivity index (χ3v) is 8.00. The number of nitrogens with zero attached hydrogens (tertiary/aromatic N) is 3. The van der Waals surface area contributed by atoms with E-state index in [-0.39, 0.29) is 0 Å². The largest absolute Gasteiger partial charge is 0.741 e. The molecule has 3 heterocycles. The molecule has 12 heteroatoms. The van der Waals surface area contributed by atoms with Crippen molar-refractivity contribution in [1.29, 1.82) is 0 Å². The average molecular weight is 588 g/mol. The number of rotatable bonds is 3. The first-order valence-electron chi connectivity index (χ1n) is 12.9. The van der Waals surface area contributed by atoms with Gasteiger partial charge in [0.25, 0.3) is 0 Å². The highest BCUT2D eigenvalue weighted by Gasteiger charge is 2.54. The van der Waals surface area contributed by atoms with Gasteiger partial charge in [0, 0.05) is 24.3 Å². The molecule has 0 radical (unpaired) electrons. The molecule has 2 aromatic carbocycles. The minimum Gasteiger partial charge on any atom is -0.741 e. The molecule has 0 N–H and O–H groups in total. The summed E-state index contributed by atoms with van der Waals surface area (Å²) in [7, 11) is 0.409. The molecule has 0 saturated carbocycles. The van der Waals surface area contributed by atoms with Gasteiger partial charge in [0.05, 0.1) is 26.7 Å². The Bertz CT molecular complexity index is 1720. The summed E-state index contributed by atoms with van der Waals surface area (Å²) >= 11 is 0. The maximum atomic E-state index is 17.7. The third kappa shape index (κ3) is 5.20. The van der Waals surface area contributed by atoms with Crippen molar-refractivity contribution in [2.45, 2.75) is 33.2 Å². The Kier molecular flexibility index (Phi) is 7.52. The molecule has 0 fully saturated rings. The van der Waals surface area contributed by atoms with Crippen molar-refractivity contribution in [2.24, 2.45) is 0 Å². The van der Waals surface area contributed by atoms with Gasteiger partial charge in [-0.05, 0) is 67.9 Å². The molecule has 41 heavy (non-hydrogen) atoms. The fourth-order valence-corrected chi connectivity index (χ4v) is 5.72. The van der Waals surface area contributed by atoms with Crippen LogP contribution in [0.2, 0.25) is 0 Å². The van der Waals surface area contributed by atoms with Crippen LogP contribution < -0.4 is 9.95 Å². The van der Waals surface area contributed by atoms with Crippen molar-refractivity contribution in [1.82, 2.24) is 8.96 Å². The summed E-state index contributed by atoms with van der Waals surface area (Å²) in [6.45, 7) is 5.51. The molecule has 0 aliphatic carbocycles. The standard InChI is InChI=1S/C28H32BFN3.CHF3O3S/c1-19-17-21(3)31-27(19)26(23-13-15-25(16-14-23)33(5,6)7)28-20(2)18-22(4)32(28)29(31,30)24-11-9-8-10-12-24;2-1(3,4)8(5,6)7/h8-18H,1-7H3;(H,5,6,7)/q+1;/p-1/i30-1;. The smallest absolute Gasteiger partial charge is 0.578 e. The second kappa shape index (κ2) is 10.1.